The second-order valence-corrected chi connectivity index (χ2v) is 11.3. The van der Waals surface area contributed by atoms with Crippen molar-refractivity contribution in [2.45, 2.75) is 57.9 Å². The van der Waals surface area contributed by atoms with Gasteiger partial charge in [0, 0.05) is 50.0 Å². The number of rotatable bonds is 10. The van der Waals surface area contributed by atoms with Crippen LogP contribution in [0.4, 0.5) is 0 Å². The first-order valence-electron chi connectivity index (χ1n) is 14.6. The standard InChI is InChI=1S/C32H39N3O5/c36-29-11-9-26(32(39)34-29)7-5-25-6-8-27-19-24(4-10-28(27)31(25)38)21-33-30(37)20-23-3-1-2-22(18-23)12-13-35-14-16-40-17-15-35/h1-4,10,18-19,25-26H,5-9,11-17,20-21H2,(H,33,37)(H,34,36,39). The normalized spacial score (nSPS) is 21.6. The lowest BCUT2D eigenvalue weighted by Crippen LogP contribution is -2.41. The molecule has 5 rings (SSSR count). The zero-order valence-corrected chi connectivity index (χ0v) is 23.1. The van der Waals surface area contributed by atoms with Crippen LogP contribution in [0.3, 0.4) is 0 Å². The number of ketones is 1. The zero-order chi connectivity index (χ0) is 27.9. The summed E-state index contributed by atoms with van der Waals surface area (Å²) < 4.78 is 5.42. The molecule has 2 heterocycles. The highest BCUT2D eigenvalue weighted by Crippen LogP contribution is 2.31. The Bertz CT molecular complexity index is 1250. The molecule has 2 aromatic carbocycles. The molecule has 8 nitrogen and oxygen atoms in total. The molecule has 2 fully saturated rings. The Hall–Kier alpha value is -3.36. The predicted octanol–water partition coefficient (Wildman–Crippen LogP) is 3.00. The van der Waals surface area contributed by atoms with Crippen molar-refractivity contribution < 1.29 is 23.9 Å². The number of benzene rings is 2. The van der Waals surface area contributed by atoms with E-state index in [9.17, 15) is 19.2 Å². The van der Waals surface area contributed by atoms with E-state index in [1.54, 1.807) is 0 Å². The van der Waals surface area contributed by atoms with E-state index in [4.69, 9.17) is 4.74 Å². The largest absolute Gasteiger partial charge is 0.379 e. The van der Waals surface area contributed by atoms with Crippen molar-refractivity contribution in [1.82, 2.24) is 15.5 Å². The maximum Gasteiger partial charge on any atom is 0.229 e. The number of piperidine rings is 1. The van der Waals surface area contributed by atoms with Crippen LogP contribution in [0.2, 0.25) is 0 Å². The van der Waals surface area contributed by atoms with Crippen molar-refractivity contribution in [2.24, 2.45) is 11.8 Å². The second kappa shape index (κ2) is 13.3. The Morgan fingerprint density at radius 1 is 0.925 bits per heavy atom. The predicted molar refractivity (Wildman–Crippen MR) is 151 cm³/mol. The number of nitrogens with one attached hydrogen (secondary N) is 2. The van der Waals surface area contributed by atoms with E-state index < -0.39 is 0 Å². The van der Waals surface area contributed by atoms with Gasteiger partial charge in [-0.05, 0) is 60.8 Å². The van der Waals surface area contributed by atoms with Gasteiger partial charge in [-0.25, -0.2) is 0 Å². The van der Waals surface area contributed by atoms with Crippen LogP contribution in [0.5, 0.6) is 0 Å². The minimum atomic E-state index is -0.208. The average molecular weight is 546 g/mol. The van der Waals surface area contributed by atoms with Crippen LogP contribution in [-0.4, -0.2) is 61.3 Å². The highest BCUT2D eigenvalue weighted by atomic mass is 16.5. The summed E-state index contributed by atoms with van der Waals surface area (Å²) in [6, 6.07) is 14.1. The van der Waals surface area contributed by atoms with Crippen LogP contribution in [-0.2, 0) is 44.9 Å². The molecule has 0 bridgehead atoms. The van der Waals surface area contributed by atoms with E-state index in [0.29, 0.717) is 38.6 Å². The number of hydrogen-bond donors (Lipinski definition) is 2. The van der Waals surface area contributed by atoms with E-state index in [-0.39, 0.29) is 35.3 Å². The van der Waals surface area contributed by atoms with Gasteiger partial charge in [-0.3, -0.25) is 29.4 Å². The summed E-state index contributed by atoms with van der Waals surface area (Å²) in [7, 11) is 0. The molecule has 0 aromatic heterocycles. The van der Waals surface area contributed by atoms with Crippen molar-refractivity contribution in [3.05, 3.63) is 70.3 Å². The van der Waals surface area contributed by atoms with Gasteiger partial charge in [0.25, 0.3) is 0 Å². The first kappa shape index (κ1) is 28.2. The Kier molecular flexibility index (Phi) is 9.39. The molecule has 0 radical (unpaired) electrons. The maximum atomic E-state index is 13.1. The molecule has 3 amide bonds. The number of Topliss-reactive ketones (excluding diaryl/α,β-unsaturated/α-hetero) is 1. The molecule has 8 heteroatoms. The number of fused-ring (bicyclic) bond motifs is 1. The van der Waals surface area contributed by atoms with Crippen LogP contribution in [0.25, 0.3) is 0 Å². The molecule has 3 aliphatic rings. The molecule has 212 valence electrons. The number of amides is 3. The molecule has 0 saturated carbocycles. The van der Waals surface area contributed by atoms with E-state index in [0.717, 1.165) is 74.4 Å². The molecular formula is C32H39N3O5. The number of morpholine rings is 1. The summed E-state index contributed by atoms with van der Waals surface area (Å²) in [5.41, 5.74) is 5.02. The highest BCUT2D eigenvalue weighted by molar-refractivity contribution is 6.00. The average Bonchev–Trinajstić information content (AvgIpc) is 2.96. The molecule has 2 N–H and O–H groups in total. The zero-order valence-electron chi connectivity index (χ0n) is 23.1. The minimum Gasteiger partial charge on any atom is -0.379 e. The fourth-order valence-corrected chi connectivity index (χ4v) is 6.03. The van der Waals surface area contributed by atoms with Crippen molar-refractivity contribution in [3.63, 3.8) is 0 Å². The summed E-state index contributed by atoms with van der Waals surface area (Å²) in [4.78, 5) is 51.7. The highest BCUT2D eigenvalue weighted by Gasteiger charge is 2.31. The molecule has 0 spiro atoms. The van der Waals surface area contributed by atoms with Crippen molar-refractivity contribution in [3.8, 4) is 0 Å². The summed E-state index contributed by atoms with van der Waals surface area (Å²) in [5.74, 6) is -0.572. The van der Waals surface area contributed by atoms with Gasteiger partial charge in [-0.1, -0.05) is 42.5 Å². The molecule has 2 saturated heterocycles. The SMILES string of the molecule is O=C(Cc1cccc(CCN2CCOCC2)c1)NCc1ccc2c(c1)CCC(CCC1CCC(=O)NC1=O)C2=O. The summed E-state index contributed by atoms with van der Waals surface area (Å²) in [6.45, 7) is 4.98. The summed E-state index contributed by atoms with van der Waals surface area (Å²) in [5, 5.41) is 5.44. The Balaban J connectivity index is 1.08. The maximum absolute atomic E-state index is 13.1. The van der Waals surface area contributed by atoms with Crippen LogP contribution < -0.4 is 10.6 Å². The molecule has 2 aliphatic heterocycles. The first-order chi connectivity index (χ1) is 19.4. The number of carbonyl (C=O) groups is 4. The van der Waals surface area contributed by atoms with Crippen molar-refractivity contribution >= 4 is 23.5 Å². The molecule has 1 aliphatic carbocycles. The Morgan fingerprint density at radius 2 is 1.70 bits per heavy atom. The van der Waals surface area contributed by atoms with Gasteiger partial charge >= 0.3 is 0 Å². The quantitative estimate of drug-likeness (QED) is 0.445. The van der Waals surface area contributed by atoms with Crippen molar-refractivity contribution in [1.29, 1.82) is 0 Å². The number of carbonyl (C=O) groups excluding carboxylic acids is 4. The summed E-state index contributed by atoms with van der Waals surface area (Å²) >= 11 is 0. The van der Waals surface area contributed by atoms with Gasteiger partial charge in [0.15, 0.2) is 5.78 Å². The van der Waals surface area contributed by atoms with Gasteiger partial charge in [0.2, 0.25) is 17.7 Å². The van der Waals surface area contributed by atoms with E-state index in [2.05, 4.69) is 27.7 Å². The van der Waals surface area contributed by atoms with Crippen LogP contribution >= 0.6 is 0 Å². The topological polar surface area (TPSA) is 105 Å². The monoisotopic (exact) mass is 545 g/mol. The van der Waals surface area contributed by atoms with E-state index in [1.807, 2.05) is 30.3 Å². The van der Waals surface area contributed by atoms with E-state index in [1.165, 1.54) is 5.56 Å². The molecular weight excluding hydrogens is 506 g/mol. The van der Waals surface area contributed by atoms with Crippen LogP contribution in [0.1, 0.15) is 64.7 Å². The van der Waals surface area contributed by atoms with Gasteiger partial charge in [0.1, 0.15) is 0 Å². The van der Waals surface area contributed by atoms with E-state index >= 15 is 0 Å². The number of imide groups is 1. The molecule has 2 atom stereocenters. The third-order valence-electron chi connectivity index (χ3n) is 8.45. The number of nitrogens with zero attached hydrogens (tertiary/aromatic N) is 1. The summed E-state index contributed by atoms with van der Waals surface area (Å²) in [6.07, 6.45) is 5.10. The minimum absolute atomic E-state index is 0.0207. The van der Waals surface area contributed by atoms with Gasteiger partial charge in [0.05, 0.1) is 19.6 Å². The third-order valence-corrected chi connectivity index (χ3v) is 8.45. The van der Waals surface area contributed by atoms with Gasteiger partial charge in [-0.2, -0.15) is 0 Å². The van der Waals surface area contributed by atoms with Crippen LogP contribution in [0.15, 0.2) is 42.5 Å². The fourth-order valence-electron chi connectivity index (χ4n) is 6.03. The van der Waals surface area contributed by atoms with Crippen molar-refractivity contribution in [2.75, 3.05) is 32.8 Å². The lowest BCUT2D eigenvalue weighted by molar-refractivity contribution is -0.136. The molecule has 40 heavy (non-hydrogen) atoms. The Morgan fingerprint density at radius 3 is 2.52 bits per heavy atom. The fraction of sp³-hybridized carbons (Fsp3) is 0.500. The van der Waals surface area contributed by atoms with Gasteiger partial charge in [-0.15, -0.1) is 0 Å². The molecule has 2 unspecified atom stereocenters. The molecule has 2 aromatic rings. The number of aryl methyl sites for hydroxylation is 1. The number of hydrogen-bond acceptors (Lipinski definition) is 6. The number of ether oxygens (including phenoxy) is 1. The third kappa shape index (κ3) is 7.43. The lowest BCUT2D eigenvalue weighted by atomic mass is 9.78. The first-order valence-corrected chi connectivity index (χ1v) is 14.6. The smallest absolute Gasteiger partial charge is 0.229 e. The van der Waals surface area contributed by atoms with Gasteiger partial charge < -0.3 is 10.1 Å². The Labute approximate surface area is 235 Å². The second-order valence-electron chi connectivity index (χ2n) is 11.3. The lowest BCUT2D eigenvalue weighted by Gasteiger charge is -2.26. The van der Waals surface area contributed by atoms with Crippen LogP contribution in [0, 0.1) is 11.8 Å².